The molecule has 5 heteroatoms. The van der Waals surface area contributed by atoms with Gasteiger partial charge in [0, 0.05) is 5.56 Å². The quantitative estimate of drug-likeness (QED) is 0.920. The first kappa shape index (κ1) is 15.9. The number of benzene rings is 2. The molecule has 4 nitrogen and oxygen atoms in total. The number of aryl methyl sites for hydroxylation is 1. The molecule has 1 N–H and O–H groups in total. The van der Waals surface area contributed by atoms with E-state index in [1.54, 1.807) is 19.1 Å². The Bertz CT molecular complexity index is 817. The molecule has 1 fully saturated rings. The Morgan fingerprint density at radius 3 is 2.60 bits per heavy atom. The smallest absolute Gasteiger partial charge is 0.251 e. The molecule has 1 atom stereocenters. The van der Waals surface area contributed by atoms with E-state index in [-0.39, 0.29) is 17.8 Å². The highest BCUT2D eigenvalue weighted by Crippen LogP contribution is 2.43. The summed E-state index contributed by atoms with van der Waals surface area (Å²) in [5.41, 5.74) is 1.86. The van der Waals surface area contributed by atoms with Gasteiger partial charge in [-0.1, -0.05) is 12.1 Å². The van der Waals surface area contributed by atoms with Crippen LogP contribution in [-0.4, -0.2) is 19.1 Å². The molecule has 130 valence electrons. The van der Waals surface area contributed by atoms with Crippen molar-refractivity contribution in [2.24, 2.45) is 5.92 Å². The van der Waals surface area contributed by atoms with Crippen LogP contribution in [0.2, 0.25) is 0 Å². The van der Waals surface area contributed by atoms with Gasteiger partial charge in [0.15, 0.2) is 11.5 Å². The fraction of sp³-hybridized carbons (Fsp3) is 0.350. The lowest BCUT2D eigenvalue weighted by molar-refractivity contribution is 0.0931. The van der Waals surface area contributed by atoms with E-state index in [1.807, 2.05) is 18.2 Å². The first-order valence-corrected chi connectivity index (χ1v) is 8.58. The molecule has 1 saturated carbocycles. The Hall–Kier alpha value is -2.56. The maximum Gasteiger partial charge on any atom is 0.251 e. The van der Waals surface area contributed by atoms with Crippen molar-refractivity contribution in [3.63, 3.8) is 0 Å². The highest BCUT2D eigenvalue weighted by atomic mass is 19.1. The summed E-state index contributed by atoms with van der Waals surface area (Å²) in [6.45, 7) is 2.76. The molecule has 2 aliphatic rings. The lowest BCUT2D eigenvalue weighted by Gasteiger charge is -2.23. The van der Waals surface area contributed by atoms with E-state index in [4.69, 9.17) is 9.47 Å². The molecular weight excluding hydrogens is 321 g/mol. The molecule has 0 radical (unpaired) electrons. The fourth-order valence-electron chi connectivity index (χ4n) is 3.11. The van der Waals surface area contributed by atoms with Gasteiger partial charge in [-0.15, -0.1) is 0 Å². The second-order valence-corrected chi connectivity index (χ2v) is 6.66. The Kier molecular flexibility index (Phi) is 4.07. The number of nitrogens with one attached hydrogen (secondary N) is 1. The highest BCUT2D eigenvalue weighted by molar-refractivity contribution is 5.94. The SMILES string of the molecule is Cc1ccc(C(=O)NC(c2ccc3c(c2)OCCO3)C2CC2)cc1F. The second-order valence-electron chi connectivity index (χ2n) is 6.66. The van der Waals surface area contributed by atoms with Crippen molar-refractivity contribution < 1.29 is 18.7 Å². The molecule has 0 aromatic heterocycles. The minimum absolute atomic E-state index is 0.104. The van der Waals surface area contributed by atoms with E-state index in [1.165, 1.54) is 6.07 Å². The van der Waals surface area contributed by atoms with Gasteiger partial charge in [-0.2, -0.15) is 0 Å². The summed E-state index contributed by atoms with van der Waals surface area (Å²) in [5, 5.41) is 3.06. The van der Waals surface area contributed by atoms with Crippen molar-refractivity contribution in [1.29, 1.82) is 0 Å². The number of hydrogen-bond donors (Lipinski definition) is 1. The van der Waals surface area contributed by atoms with Crippen LogP contribution in [-0.2, 0) is 0 Å². The third-order valence-corrected chi connectivity index (χ3v) is 4.74. The molecule has 0 spiro atoms. The van der Waals surface area contributed by atoms with Crippen molar-refractivity contribution in [2.45, 2.75) is 25.8 Å². The second kappa shape index (κ2) is 6.39. The summed E-state index contributed by atoms with van der Waals surface area (Å²) in [6, 6.07) is 10.3. The number of ether oxygens (including phenoxy) is 2. The molecule has 4 rings (SSSR count). The molecule has 2 aromatic rings. The monoisotopic (exact) mass is 341 g/mol. The average Bonchev–Trinajstić information content (AvgIpc) is 3.46. The van der Waals surface area contributed by atoms with Crippen molar-refractivity contribution >= 4 is 5.91 Å². The largest absolute Gasteiger partial charge is 0.486 e. The molecule has 1 aliphatic heterocycles. The first-order valence-electron chi connectivity index (χ1n) is 8.58. The van der Waals surface area contributed by atoms with Crippen LogP contribution in [0.5, 0.6) is 11.5 Å². The summed E-state index contributed by atoms with van der Waals surface area (Å²) in [4.78, 5) is 12.6. The van der Waals surface area contributed by atoms with Crippen LogP contribution >= 0.6 is 0 Å². The van der Waals surface area contributed by atoms with Gasteiger partial charge >= 0.3 is 0 Å². The number of amides is 1. The molecular formula is C20H20FNO3. The normalized spacial score (nSPS) is 17.0. The first-order chi connectivity index (χ1) is 12.1. The molecule has 2 aromatic carbocycles. The van der Waals surface area contributed by atoms with E-state index in [0.29, 0.717) is 36.0 Å². The van der Waals surface area contributed by atoms with Crippen LogP contribution in [0.4, 0.5) is 4.39 Å². The number of fused-ring (bicyclic) bond motifs is 1. The predicted molar refractivity (Wildman–Crippen MR) is 91.5 cm³/mol. The highest BCUT2D eigenvalue weighted by Gasteiger charge is 2.34. The summed E-state index contributed by atoms with van der Waals surface area (Å²) < 4.78 is 24.9. The van der Waals surface area contributed by atoms with Crippen LogP contribution in [0.25, 0.3) is 0 Å². The summed E-state index contributed by atoms with van der Waals surface area (Å²) in [7, 11) is 0. The number of carbonyl (C=O) groups excluding carboxylic acids is 1. The van der Waals surface area contributed by atoms with Crippen LogP contribution in [0.15, 0.2) is 36.4 Å². The molecule has 0 bridgehead atoms. The molecule has 1 amide bonds. The van der Waals surface area contributed by atoms with Gasteiger partial charge in [-0.3, -0.25) is 4.79 Å². The Labute approximate surface area is 146 Å². The van der Waals surface area contributed by atoms with Gasteiger partial charge in [0.05, 0.1) is 6.04 Å². The zero-order valence-corrected chi connectivity index (χ0v) is 14.0. The molecule has 0 saturated heterocycles. The predicted octanol–water partition coefficient (Wildman–Crippen LogP) is 3.79. The van der Waals surface area contributed by atoms with Gasteiger partial charge in [0.25, 0.3) is 5.91 Å². The van der Waals surface area contributed by atoms with E-state index in [0.717, 1.165) is 24.2 Å². The maximum absolute atomic E-state index is 13.7. The van der Waals surface area contributed by atoms with E-state index >= 15 is 0 Å². The third kappa shape index (κ3) is 3.31. The van der Waals surface area contributed by atoms with Gasteiger partial charge < -0.3 is 14.8 Å². The van der Waals surface area contributed by atoms with Gasteiger partial charge in [-0.05, 0) is 61.1 Å². The fourth-order valence-corrected chi connectivity index (χ4v) is 3.11. The minimum atomic E-state index is -0.366. The maximum atomic E-state index is 13.7. The Balaban J connectivity index is 1.57. The van der Waals surface area contributed by atoms with Crippen LogP contribution in [0, 0.1) is 18.7 Å². The molecule has 1 unspecified atom stereocenters. The summed E-state index contributed by atoms with van der Waals surface area (Å²) in [5.74, 6) is 1.23. The van der Waals surface area contributed by atoms with Gasteiger partial charge in [0.2, 0.25) is 0 Å². The van der Waals surface area contributed by atoms with Crippen LogP contribution < -0.4 is 14.8 Å². The topological polar surface area (TPSA) is 47.6 Å². The standard InChI is InChI=1S/C20H20FNO3/c1-12-2-3-15(10-16(12)21)20(23)22-19(13-4-5-13)14-6-7-17-18(11-14)25-9-8-24-17/h2-3,6-7,10-11,13,19H,4-5,8-9H2,1H3,(H,22,23). The Morgan fingerprint density at radius 1 is 1.12 bits per heavy atom. The number of halogens is 1. The summed E-state index contributed by atoms with van der Waals surface area (Å²) in [6.07, 6.45) is 2.14. The van der Waals surface area contributed by atoms with E-state index < -0.39 is 0 Å². The average molecular weight is 341 g/mol. The number of hydrogen-bond acceptors (Lipinski definition) is 3. The van der Waals surface area contributed by atoms with Crippen LogP contribution in [0.3, 0.4) is 0 Å². The minimum Gasteiger partial charge on any atom is -0.486 e. The van der Waals surface area contributed by atoms with Crippen molar-refractivity contribution in [3.05, 3.63) is 58.9 Å². The number of rotatable bonds is 4. The molecule has 25 heavy (non-hydrogen) atoms. The lowest BCUT2D eigenvalue weighted by Crippen LogP contribution is -2.30. The lowest BCUT2D eigenvalue weighted by atomic mass is 10.0. The third-order valence-electron chi connectivity index (χ3n) is 4.74. The van der Waals surface area contributed by atoms with Crippen molar-refractivity contribution in [2.75, 3.05) is 13.2 Å². The molecule has 1 heterocycles. The zero-order chi connectivity index (χ0) is 17.4. The van der Waals surface area contributed by atoms with Crippen molar-refractivity contribution in [1.82, 2.24) is 5.32 Å². The zero-order valence-electron chi connectivity index (χ0n) is 14.0. The summed E-state index contributed by atoms with van der Waals surface area (Å²) >= 11 is 0. The van der Waals surface area contributed by atoms with Crippen molar-refractivity contribution in [3.8, 4) is 11.5 Å². The number of carbonyl (C=O) groups is 1. The van der Waals surface area contributed by atoms with Crippen LogP contribution in [0.1, 0.15) is 40.4 Å². The molecule has 1 aliphatic carbocycles. The van der Waals surface area contributed by atoms with E-state index in [2.05, 4.69) is 5.32 Å². The van der Waals surface area contributed by atoms with Gasteiger partial charge in [-0.25, -0.2) is 4.39 Å². The van der Waals surface area contributed by atoms with Gasteiger partial charge in [0.1, 0.15) is 19.0 Å². The van der Waals surface area contributed by atoms with E-state index in [9.17, 15) is 9.18 Å². The Morgan fingerprint density at radius 2 is 1.88 bits per heavy atom.